The Balaban J connectivity index is 1.62. The van der Waals surface area contributed by atoms with E-state index in [0.29, 0.717) is 33.7 Å². The fraction of sp³-hybridized carbons (Fsp3) is 0.154. The maximum atomic E-state index is 11.3. The number of non-ortho nitro benzene ring substituents is 1. The molecule has 0 saturated carbocycles. The van der Waals surface area contributed by atoms with E-state index in [1.54, 1.807) is 44.7 Å². The maximum Gasteiger partial charge on any atom is 0.270 e. The smallest absolute Gasteiger partial charge is 0.270 e. The largest absolute Gasteiger partial charge is 0.497 e. The molecule has 1 aliphatic rings. The van der Waals surface area contributed by atoms with Gasteiger partial charge in [0.05, 0.1) is 36.6 Å². The summed E-state index contributed by atoms with van der Waals surface area (Å²) in [5, 5.41) is 15.1. The van der Waals surface area contributed by atoms with E-state index >= 15 is 0 Å². The van der Waals surface area contributed by atoms with Crippen LogP contribution in [0.15, 0.2) is 83.4 Å². The third-order valence-electron chi connectivity index (χ3n) is 6.00. The number of benzene rings is 2. The van der Waals surface area contributed by atoms with Crippen LogP contribution in [0.3, 0.4) is 0 Å². The molecule has 0 amide bonds. The number of furan rings is 1. The number of nitro groups is 1. The van der Waals surface area contributed by atoms with Crippen molar-refractivity contribution in [1.29, 1.82) is 0 Å². The Bertz CT molecular complexity index is 1420. The van der Waals surface area contributed by atoms with Crippen molar-refractivity contribution in [2.75, 3.05) is 19.1 Å². The summed E-state index contributed by atoms with van der Waals surface area (Å²) >= 11 is 5.78. The van der Waals surface area contributed by atoms with E-state index in [-0.39, 0.29) is 11.7 Å². The summed E-state index contributed by atoms with van der Waals surface area (Å²) in [6.07, 6.45) is 1.73. The van der Waals surface area contributed by atoms with E-state index in [4.69, 9.17) is 26.1 Å². The molecule has 2 aromatic heterocycles. The van der Waals surface area contributed by atoms with Gasteiger partial charge < -0.3 is 24.1 Å². The van der Waals surface area contributed by atoms with E-state index in [1.807, 2.05) is 41.3 Å². The van der Waals surface area contributed by atoms with Gasteiger partial charge in [-0.15, -0.1) is 0 Å². The van der Waals surface area contributed by atoms with Crippen molar-refractivity contribution < 1.29 is 18.8 Å². The zero-order valence-corrected chi connectivity index (χ0v) is 20.3. The number of aromatic nitrogens is 1. The van der Waals surface area contributed by atoms with E-state index in [9.17, 15) is 10.1 Å². The molecule has 0 bridgehead atoms. The van der Waals surface area contributed by atoms with E-state index < -0.39 is 11.0 Å². The Morgan fingerprint density at radius 2 is 1.92 bits per heavy atom. The Kier molecular flexibility index (Phi) is 6.26. The van der Waals surface area contributed by atoms with E-state index in [2.05, 4.69) is 10.3 Å². The second-order valence-electron chi connectivity index (χ2n) is 8.04. The lowest BCUT2D eigenvalue weighted by molar-refractivity contribution is -0.384. The first-order valence-electron chi connectivity index (χ1n) is 11.1. The maximum absolute atomic E-state index is 11.3. The third-order valence-corrected chi connectivity index (χ3v) is 6.32. The van der Waals surface area contributed by atoms with E-state index in [0.717, 1.165) is 11.4 Å². The van der Waals surface area contributed by atoms with Crippen LogP contribution in [-0.4, -0.2) is 29.2 Å². The highest BCUT2D eigenvalue weighted by Crippen LogP contribution is 2.46. The van der Waals surface area contributed by atoms with Crippen LogP contribution in [0.25, 0.3) is 11.3 Å². The SMILES string of the molecule is COc1ccc(N2C(=S)N[C@@H](c3ccccn3)[C@@H]2c2ccc(-c3cccc([N+](=O)[O-])c3)o2)c(OC)c1. The van der Waals surface area contributed by atoms with Crippen molar-refractivity contribution in [3.05, 3.63) is 101 Å². The van der Waals surface area contributed by atoms with Crippen molar-refractivity contribution in [2.24, 2.45) is 0 Å². The van der Waals surface area contributed by atoms with Crippen LogP contribution in [0.1, 0.15) is 23.5 Å². The zero-order chi connectivity index (χ0) is 25.2. The minimum absolute atomic E-state index is 0.00915. The van der Waals surface area contributed by atoms with Gasteiger partial charge in [0.2, 0.25) is 0 Å². The first kappa shape index (κ1) is 23.3. The van der Waals surface area contributed by atoms with Crippen LogP contribution in [0.5, 0.6) is 11.5 Å². The molecule has 1 saturated heterocycles. The van der Waals surface area contributed by atoms with Gasteiger partial charge in [0.1, 0.15) is 29.1 Å². The molecule has 182 valence electrons. The minimum Gasteiger partial charge on any atom is -0.497 e. The minimum atomic E-state index is -0.429. The lowest BCUT2D eigenvalue weighted by Crippen LogP contribution is -2.29. The van der Waals surface area contributed by atoms with Crippen LogP contribution in [-0.2, 0) is 0 Å². The Hall–Kier alpha value is -4.44. The van der Waals surface area contributed by atoms with Crippen molar-refractivity contribution in [2.45, 2.75) is 12.1 Å². The second kappa shape index (κ2) is 9.67. The molecule has 2 aromatic carbocycles. The molecule has 1 N–H and O–H groups in total. The fourth-order valence-corrected chi connectivity index (χ4v) is 4.67. The highest BCUT2D eigenvalue weighted by Gasteiger charge is 2.43. The molecule has 1 aliphatic heterocycles. The average molecular weight is 503 g/mol. The molecule has 36 heavy (non-hydrogen) atoms. The highest BCUT2D eigenvalue weighted by atomic mass is 32.1. The van der Waals surface area contributed by atoms with Crippen LogP contribution in [0.4, 0.5) is 11.4 Å². The first-order valence-corrected chi connectivity index (χ1v) is 11.5. The number of pyridine rings is 1. The van der Waals surface area contributed by atoms with Gasteiger partial charge in [0.15, 0.2) is 5.11 Å². The van der Waals surface area contributed by atoms with Crippen molar-refractivity contribution in [1.82, 2.24) is 10.3 Å². The number of ether oxygens (including phenoxy) is 2. The molecular formula is C26H22N4O5S. The summed E-state index contributed by atoms with van der Waals surface area (Å²) in [6, 6.07) is 20.4. The fourth-order valence-electron chi connectivity index (χ4n) is 4.33. The Morgan fingerprint density at radius 3 is 2.64 bits per heavy atom. The number of thiocarbonyl (C=S) groups is 1. The average Bonchev–Trinajstić information content (AvgIpc) is 3.53. The Labute approximate surface area is 212 Å². The zero-order valence-electron chi connectivity index (χ0n) is 19.5. The molecule has 1 fully saturated rings. The van der Waals surface area contributed by atoms with Crippen molar-refractivity contribution in [3.63, 3.8) is 0 Å². The predicted octanol–water partition coefficient (Wildman–Crippen LogP) is 5.44. The number of nitro benzene ring substituents is 1. The third kappa shape index (κ3) is 4.22. The molecule has 0 aliphatic carbocycles. The highest BCUT2D eigenvalue weighted by molar-refractivity contribution is 7.80. The number of hydrogen-bond acceptors (Lipinski definition) is 7. The lowest BCUT2D eigenvalue weighted by Gasteiger charge is -2.27. The first-order chi connectivity index (χ1) is 17.5. The summed E-state index contributed by atoms with van der Waals surface area (Å²) < 4.78 is 17.3. The van der Waals surface area contributed by atoms with Crippen LogP contribution >= 0.6 is 12.2 Å². The second-order valence-corrected chi connectivity index (χ2v) is 8.43. The van der Waals surface area contributed by atoms with Gasteiger partial charge in [-0.3, -0.25) is 15.1 Å². The molecule has 0 unspecified atom stereocenters. The molecule has 10 heteroatoms. The molecule has 0 spiro atoms. The van der Waals surface area contributed by atoms with Gasteiger partial charge >= 0.3 is 0 Å². The lowest BCUT2D eigenvalue weighted by atomic mass is 10.0. The Morgan fingerprint density at radius 1 is 1.06 bits per heavy atom. The number of anilines is 1. The summed E-state index contributed by atoms with van der Waals surface area (Å²) in [5.41, 5.74) is 2.11. The summed E-state index contributed by atoms with van der Waals surface area (Å²) in [7, 11) is 3.18. The van der Waals surface area contributed by atoms with Gasteiger partial charge in [-0.1, -0.05) is 18.2 Å². The summed E-state index contributed by atoms with van der Waals surface area (Å²) in [4.78, 5) is 17.3. The number of rotatable bonds is 7. The molecule has 3 heterocycles. The number of hydrogen-bond donors (Lipinski definition) is 1. The van der Waals surface area contributed by atoms with Gasteiger partial charge in [-0.25, -0.2) is 0 Å². The molecule has 2 atom stereocenters. The predicted molar refractivity (Wildman–Crippen MR) is 138 cm³/mol. The summed E-state index contributed by atoms with van der Waals surface area (Å²) in [6.45, 7) is 0. The topological polar surface area (TPSA) is 103 Å². The van der Waals surface area contributed by atoms with E-state index in [1.165, 1.54) is 12.1 Å². The monoisotopic (exact) mass is 502 g/mol. The molecule has 9 nitrogen and oxygen atoms in total. The normalized spacial score (nSPS) is 17.1. The van der Waals surface area contributed by atoms with Gasteiger partial charge in [0, 0.05) is 30.0 Å². The molecule has 4 aromatic rings. The number of nitrogens with zero attached hydrogens (tertiary/aromatic N) is 3. The number of nitrogens with one attached hydrogen (secondary N) is 1. The quantitative estimate of drug-likeness (QED) is 0.201. The molecular weight excluding hydrogens is 480 g/mol. The molecule has 0 radical (unpaired) electrons. The summed E-state index contributed by atoms with van der Waals surface area (Å²) in [5.74, 6) is 2.35. The number of methoxy groups -OCH3 is 2. The van der Waals surface area contributed by atoms with Crippen molar-refractivity contribution in [3.8, 4) is 22.8 Å². The van der Waals surface area contributed by atoms with Crippen LogP contribution in [0, 0.1) is 10.1 Å². The van der Waals surface area contributed by atoms with Gasteiger partial charge in [-0.2, -0.15) is 0 Å². The molecule has 5 rings (SSSR count). The van der Waals surface area contributed by atoms with Crippen molar-refractivity contribution >= 4 is 28.7 Å². The van der Waals surface area contributed by atoms with Crippen LogP contribution in [0.2, 0.25) is 0 Å². The van der Waals surface area contributed by atoms with Gasteiger partial charge in [0.25, 0.3) is 5.69 Å². The van der Waals surface area contributed by atoms with Gasteiger partial charge in [-0.05, 0) is 48.6 Å². The van der Waals surface area contributed by atoms with Crippen LogP contribution < -0.4 is 19.7 Å². The standard InChI is InChI=1S/C26H22N4O5S/c1-33-18-9-10-20(23(15-18)34-2)29-25(24(28-26(29)36)19-8-3-4-13-27-19)22-12-11-21(35-22)16-6-5-7-17(14-16)30(31)32/h3-15,24-25H,1-2H3,(H,28,36)/t24-,25-/m0/s1.